The molecule has 0 spiro atoms. The first-order chi connectivity index (χ1) is 5.81. The molecule has 1 heterocycles. The van der Waals surface area contributed by atoms with Crippen LogP contribution in [0.15, 0.2) is 0 Å². The van der Waals surface area contributed by atoms with Gasteiger partial charge in [-0.25, -0.2) is 0 Å². The molecule has 6 heteroatoms. The number of carboxylic acids is 1. The van der Waals surface area contributed by atoms with E-state index in [2.05, 4.69) is 5.32 Å². The molecule has 14 heavy (non-hydrogen) atoms. The molecule has 5 nitrogen and oxygen atoms in total. The first-order valence-corrected chi connectivity index (χ1v) is 4.01. The van der Waals surface area contributed by atoms with E-state index in [0.717, 1.165) is 0 Å². The van der Waals surface area contributed by atoms with Crippen molar-refractivity contribution in [3.63, 3.8) is 0 Å². The van der Waals surface area contributed by atoms with Crippen LogP contribution in [0.2, 0.25) is 0 Å². The number of carbonyl (C=O) groups excluding carboxylic acids is 2. The van der Waals surface area contributed by atoms with Crippen LogP contribution in [-0.2, 0) is 14.3 Å². The first kappa shape index (κ1) is 13.5. The molecule has 1 rings (SSSR count). The largest absolute Gasteiger partial charge is 1.00 e. The van der Waals surface area contributed by atoms with Gasteiger partial charge in [0.1, 0.15) is 11.6 Å². The molecule has 74 valence electrons. The molecule has 1 saturated heterocycles. The second kappa shape index (κ2) is 4.35. The van der Waals surface area contributed by atoms with Gasteiger partial charge in [0.25, 0.3) is 0 Å². The Morgan fingerprint density at radius 1 is 1.29 bits per heavy atom. The summed E-state index contributed by atoms with van der Waals surface area (Å²) in [6.07, 6.45) is 0. The van der Waals surface area contributed by atoms with Gasteiger partial charge in [-0.15, -0.1) is 0 Å². The summed E-state index contributed by atoms with van der Waals surface area (Å²) in [5, 5.41) is 12.7. The summed E-state index contributed by atoms with van der Waals surface area (Å²) in [5.41, 5.74) is -0.585. The Hall–Kier alpha value is -0.503. The van der Waals surface area contributed by atoms with Crippen molar-refractivity contribution in [3.8, 4) is 0 Å². The molecule has 1 N–H and O–H groups in total. The number of aliphatic carboxylic acids is 1. The van der Waals surface area contributed by atoms with Gasteiger partial charge in [0, 0.05) is 0 Å². The number of nitrogens with one attached hydrogen (secondary N) is 1. The Bertz CT molecular complexity index is 248. The van der Waals surface area contributed by atoms with Crippen molar-refractivity contribution in [2.24, 2.45) is 0 Å². The fourth-order valence-electron chi connectivity index (χ4n) is 0.911. The monoisotopic (exact) mass is 193 g/mol. The fourth-order valence-corrected chi connectivity index (χ4v) is 0.911. The van der Waals surface area contributed by atoms with Crippen LogP contribution in [-0.4, -0.2) is 29.6 Å². The second-order valence-electron chi connectivity index (χ2n) is 3.97. The number of ether oxygens (including phenoxy) is 1. The van der Waals surface area contributed by atoms with E-state index in [1.54, 1.807) is 20.8 Å². The summed E-state index contributed by atoms with van der Waals surface area (Å²) < 4.78 is 4.95. The van der Waals surface area contributed by atoms with Crippen molar-refractivity contribution >= 4 is 11.9 Å². The van der Waals surface area contributed by atoms with Gasteiger partial charge in [-0.2, -0.15) is 0 Å². The topological polar surface area (TPSA) is 88.4 Å². The third-order valence-electron chi connectivity index (χ3n) is 1.50. The summed E-state index contributed by atoms with van der Waals surface area (Å²) in [6, 6.07) is -1.61. The van der Waals surface area contributed by atoms with E-state index >= 15 is 0 Å². The molecule has 0 aromatic carbocycles. The molecule has 0 radical (unpaired) electrons. The summed E-state index contributed by atoms with van der Waals surface area (Å²) >= 11 is 0. The number of rotatable bonds is 2. The van der Waals surface area contributed by atoms with Crippen LogP contribution in [0.3, 0.4) is 0 Å². The van der Waals surface area contributed by atoms with E-state index in [1.807, 2.05) is 0 Å². The fraction of sp³-hybridized carbons (Fsp3) is 0.750. The van der Waals surface area contributed by atoms with Crippen LogP contribution in [0, 0.1) is 0 Å². The molecule has 0 aliphatic carbocycles. The molecule has 1 fully saturated rings. The van der Waals surface area contributed by atoms with Crippen molar-refractivity contribution in [1.29, 1.82) is 0 Å². The standard InChI is InChI=1S/C8H13NO4.Li/c1-8(2,3)13-7(12)5-4(9-5)6(10)11;/h4-5,9H,1-3H3,(H,10,11);/q;+1/p-1/t4-,5-;/m0./s1. The average Bonchev–Trinajstić information content (AvgIpc) is 2.58. The predicted molar refractivity (Wildman–Crippen MR) is 41.6 cm³/mol. The van der Waals surface area contributed by atoms with Crippen LogP contribution in [0.4, 0.5) is 0 Å². The third-order valence-corrected chi connectivity index (χ3v) is 1.50. The molecular weight excluding hydrogens is 181 g/mol. The maximum atomic E-state index is 11.2. The maximum Gasteiger partial charge on any atom is 1.00 e. The smallest absolute Gasteiger partial charge is 0.548 e. The van der Waals surface area contributed by atoms with E-state index < -0.39 is 29.6 Å². The van der Waals surface area contributed by atoms with Crippen molar-refractivity contribution in [1.82, 2.24) is 5.32 Å². The summed E-state index contributed by atoms with van der Waals surface area (Å²) in [7, 11) is 0. The zero-order valence-corrected chi connectivity index (χ0v) is 8.79. The molecule has 0 aromatic rings. The zero-order valence-electron chi connectivity index (χ0n) is 8.79. The number of hydrogen-bond acceptors (Lipinski definition) is 5. The Kier molecular flexibility index (Phi) is 4.19. The van der Waals surface area contributed by atoms with Gasteiger partial charge in [-0.1, -0.05) is 0 Å². The van der Waals surface area contributed by atoms with E-state index in [0.29, 0.717) is 0 Å². The van der Waals surface area contributed by atoms with Gasteiger partial charge < -0.3 is 14.6 Å². The number of carbonyl (C=O) groups is 2. The first-order valence-electron chi connectivity index (χ1n) is 4.01. The minimum atomic E-state index is -1.27. The number of hydrogen-bond donors (Lipinski definition) is 1. The molecule has 0 bridgehead atoms. The Morgan fingerprint density at radius 3 is 2.07 bits per heavy atom. The Labute approximate surface area is 94.4 Å². The van der Waals surface area contributed by atoms with E-state index in [1.165, 1.54) is 0 Å². The van der Waals surface area contributed by atoms with E-state index in [-0.39, 0.29) is 18.9 Å². The van der Waals surface area contributed by atoms with Gasteiger partial charge in [-0.3, -0.25) is 10.1 Å². The average molecular weight is 193 g/mol. The zero-order chi connectivity index (χ0) is 10.2. The van der Waals surface area contributed by atoms with Crippen molar-refractivity contribution in [3.05, 3.63) is 0 Å². The van der Waals surface area contributed by atoms with Crippen molar-refractivity contribution < 1.29 is 38.3 Å². The van der Waals surface area contributed by atoms with Gasteiger partial charge >= 0.3 is 24.8 Å². The minimum Gasteiger partial charge on any atom is -0.548 e. The molecule has 0 amide bonds. The molecule has 2 atom stereocenters. The second-order valence-corrected chi connectivity index (χ2v) is 3.97. The Balaban J connectivity index is 0.00000169. The van der Waals surface area contributed by atoms with E-state index in [9.17, 15) is 14.7 Å². The van der Waals surface area contributed by atoms with Gasteiger partial charge in [-0.05, 0) is 20.8 Å². The summed E-state index contributed by atoms with van der Waals surface area (Å²) in [5.74, 6) is -1.81. The number of carboxylic acid groups (broad SMARTS) is 1. The molecule has 1 aliphatic heterocycles. The minimum absolute atomic E-state index is 0. The van der Waals surface area contributed by atoms with Crippen LogP contribution in [0.1, 0.15) is 20.8 Å². The molecule has 0 aromatic heterocycles. The summed E-state index contributed by atoms with van der Waals surface area (Å²) in [4.78, 5) is 21.4. The van der Waals surface area contributed by atoms with Crippen molar-refractivity contribution in [2.75, 3.05) is 0 Å². The molecule has 0 unspecified atom stereocenters. The van der Waals surface area contributed by atoms with Crippen LogP contribution < -0.4 is 29.3 Å². The van der Waals surface area contributed by atoms with Crippen molar-refractivity contribution in [2.45, 2.75) is 38.5 Å². The van der Waals surface area contributed by atoms with Crippen LogP contribution >= 0.6 is 0 Å². The normalized spacial score (nSPS) is 24.8. The quantitative estimate of drug-likeness (QED) is 0.271. The molecule has 0 saturated carbocycles. The van der Waals surface area contributed by atoms with Gasteiger partial charge in [0.15, 0.2) is 0 Å². The molecular formula is C8H12LiNO4. The number of esters is 1. The van der Waals surface area contributed by atoms with Crippen LogP contribution in [0.25, 0.3) is 0 Å². The molecule has 1 aliphatic rings. The predicted octanol–water partition coefficient (Wildman–Crippen LogP) is -4.58. The summed E-state index contributed by atoms with van der Waals surface area (Å²) in [6.45, 7) is 5.17. The van der Waals surface area contributed by atoms with E-state index in [4.69, 9.17) is 4.74 Å². The third kappa shape index (κ3) is 3.70. The SMILES string of the molecule is CC(C)(C)OC(=O)[C@H]1N[C@@H]1C(=O)[O-].[Li+]. The Morgan fingerprint density at radius 2 is 1.79 bits per heavy atom. The van der Waals surface area contributed by atoms with Crippen LogP contribution in [0.5, 0.6) is 0 Å². The maximum absolute atomic E-state index is 11.2. The van der Waals surface area contributed by atoms with Gasteiger partial charge in [0.2, 0.25) is 0 Å². The van der Waals surface area contributed by atoms with Gasteiger partial charge in [0.05, 0.1) is 12.0 Å².